The highest BCUT2D eigenvalue weighted by molar-refractivity contribution is 9.10. The normalized spacial score (nSPS) is 10.4. The van der Waals surface area contributed by atoms with Gasteiger partial charge in [-0.3, -0.25) is 19.9 Å². The molecule has 0 fully saturated rings. The SMILES string of the molecule is Nc1ccnc(Cn2cc(Br)c(=O)c([N+](=O)[O-])c2)c1. The molecular formula is C11H9BrN4O3. The third kappa shape index (κ3) is 2.97. The smallest absolute Gasteiger partial charge is 0.333 e. The van der Waals surface area contributed by atoms with Crippen LogP contribution in [0.15, 0.2) is 40.0 Å². The average molecular weight is 325 g/mol. The highest BCUT2D eigenvalue weighted by Gasteiger charge is 2.15. The van der Waals surface area contributed by atoms with Crippen LogP contribution in [0.3, 0.4) is 0 Å². The molecule has 0 amide bonds. The molecule has 2 aromatic rings. The summed E-state index contributed by atoms with van der Waals surface area (Å²) in [6.07, 6.45) is 4.20. The van der Waals surface area contributed by atoms with Crippen molar-refractivity contribution in [1.29, 1.82) is 0 Å². The van der Waals surface area contributed by atoms with E-state index in [1.165, 1.54) is 17.0 Å². The van der Waals surface area contributed by atoms with Crippen molar-refractivity contribution in [2.75, 3.05) is 5.73 Å². The lowest BCUT2D eigenvalue weighted by Gasteiger charge is -2.07. The third-order valence-corrected chi connectivity index (χ3v) is 2.96. The number of hydrogen-bond donors (Lipinski definition) is 1. The second kappa shape index (κ2) is 5.19. The van der Waals surface area contributed by atoms with Gasteiger partial charge in [-0.15, -0.1) is 0 Å². The molecule has 98 valence electrons. The lowest BCUT2D eigenvalue weighted by Crippen LogP contribution is -2.14. The Morgan fingerprint density at radius 3 is 2.84 bits per heavy atom. The first-order chi connectivity index (χ1) is 8.97. The van der Waals surface area contributed by atoms with E-state index in [0.29, 0.717) is 11.4 Å². The van der Waals surface area contributed by atoms with E-state index < -0.39 is 16.0 Å². The fraction of sp³-hybridized carbons (Fsp3) is 0.0909. The first kappa shape index (κ1) is 13.2. The number of aromatic nitrogens is 2. The topological polar surface area (TPSA) is 104 Å². The summed E-state index contributed by atoms with van der Waals surface area (Å²) in [5.41, 5.74) is 5.69. The molecule has 2 heterocycles. The number of nitrogen functional groups attached to an aromatic ring is 1. The van der Waals surface area contributed by atoms with Crippen LogP contribution < -0.4 is 11.2 Å². The van der Waals surface area contributed by atoms with Gasteiger partial charge < -0.3 is 10.3 Å². The van der Waals surface area contributed by atoms with E-state index in [9.17, 15) is 14.9 Å². The van der Waals surface area contributed by atoms with Crippen LogP contribution in [-0.2, 0) is 6.54 Å². The molecule has 2 rings (SSSR count). The van der Waals surface area contributed by atoms with Gasteiger partial charge in [0.25, 0.3) is 5.43 Å². The van der Waals surface area contributed by atoms with E-state index in [4.69, 9.17) is 5.73 Å². The first-order valence-electron chi connectivity index (χ1n) is 5.22. The molecule has 0 saturated heterocycles. The second-order valence-corrected chi connectivity index (χ2v) is 4.68. The quantitative estimate of drug-likeness (QED) is 0.681. The van der Waals surface area contributed by atoms with Crippen molar-refractivity contribution in [3.05, 3.63) is 61.2 Å². The van der Waals surface area contributed by atoms with Crippen molar-refractivity contribution in [3.8, 4) is 0 Å². The maximum atomic E-state index is 11.5. The zero-order valence-corrected chi connectivity index (χ0v) is 11.2. The summed E-state index contributed by atoms with van der Waals surface area (Å²) in [6.45, 7) is 0.282. The van der Waals surface area contributed by atoms with Crippen LogP contribution in [0.2, 0.25) is 0 Å². The van der Waals surface area contributed by atoms with Gasteiger partial charge in [-0.25, -0.2) is 0 Å². The minimum Gasteiger partial charge on any atom is -0.399 e. The number of hydrogen-bond acceptors (Lipinski definition) is 5. The Morgan fingerprint density at radius 2 is 2.21 bits per heavy atom. The molecule has 0 saturated carbocycles. The van der Waals surface area contributed by atoms with E-state index in [1.807, 2.05) is 0 Å². The number of halogens is 1. The van der Waals surface area contributed by atoms with Crippen LogP contribution in [0.25, 0.3) is 0 Å². The summed E-state index contributed by atoms with van der Waals surface area (Å²) < 4.78 is 1.64. The molecule has 0 aliphatic heterocycles. The zero-order valence-electron chi connectivity index (χ0n) is 9.62. The molecule has 2 N–H and O–H groups in total. The van der Waals surface area contributed by atoms with Crippen LogP contribution >= 0.6 is 15.9 Å². The molecule has 0 aliphatic rings. The average Bonchev–Trinajstić information content (AvgIpc) is 2.33. The van der Waals surface area contributed by atoms with Crippen LogP contribution in [0, 0.1) is 10.1 Å². The maximum Gasteiger partial charge on any atom is 0.333 e. The van der Waals surface area contributed by atoms with Crippen LogP contribution in [0.1, 0.15) is 5.69 Å². The Labute approximate surface area is 116 Å². The number of anilines is 1. The molecule has 0 aromatic carbocycles. The van der Waals surface area contributed by atoms with Gasteiger partial charge in [0.1, 0.15) is 0 Å². The fourth-order valence-corrected chi connectivity index (χ4v) is 2.04. The Morgan fingerprint density at radius 1 is 1.47 bits per heavy atom. The number of nitrogens with zero attached hydrogens (tertiary/aromatic N) is 3. The standard InChI is InChI=1S/C11H9BrN4O3/c12-9-5-15(6-10(11(9)17)16(18)19)4-8-3-7(13)1-2-14-8/h1-3,5-6H,4H2,(H2,13,14). The van der Waals surface area contributed by atoms with Gasteiger partial charge >= 0.3 is 5.69 Å². The number of nitrogens with two attached hydrogens (primary N) is 1. The van der Waals surface area contributed by atoms with Crippen molar-refractivity contribution >= 4 is 27.3 Å². The summed E-state index contributed by atoms with van der Waals surface area (Å²) in [5, 5.41) is 10.8. The summed E-state index contributed by atoms with van der Waals surface area (Å²) in [4.78, 5) is 25.7. The van der Waals surface area contributed by atoms with Gasteiger partial charge in [0.15, 0.2) is 0 Å². The first-order valence-corrected chi connectivity index (χ1v) is 6.01. The number of pyridine rings is 2. The van der Waals surface area contributed by atoms with Gasteiger partial charge in [0.05, 0.1) is 27.8 Å². The van der Waals surface area contributed by atoms with Gasteiger partial charge in [-0.1, -0.05) is 0 Å². The van der Waals surface area contributed by atoms with E-state index in [2.05, 4.69) is 20.9 Å². The monoisotopic (exact) mass is 324 g/mol. The predicted molar refractivity (Wildman–Crippen MR) is 72.8 cm³/mol. The third-order valence-electron chi connectivity index (χ3n) is 2.40. The van der Waals surface area contributed by atoms with Crippen molar-refractivity contribution in [2.24, 2.45) is 0 Å². The molecule has 0 radical (unpaired) electrons. The van der Waals surface area contributed by atoms with Gasteiger partial charge in [-0.2, -0.15) is 0 Å². The Bertz CT molecular complexity index is 699. The van der Waals surface area contributed by atoms with Crippen LogP contribution in [0.5, 0.6) is 0 Å². The summed E-state index contributed by atoms with van der Waals surface area (Å²) in [7, 11) is 0. The minimum absolute atomic E-state index is 0.130. The lowest BCUT2D eigenvalue weighted by molar-refractivity contribution is -0.386. The molecule has 0 aliphatic carbocycles. The molecule has 7 nitrogen and oxygen atoms in total. The minimum atomic E-state index is -0.712. The predicted octanol–water partition coefficient (Wildman–Crippen LogP) is 1.54. The molecule has 0 atom stereocenters. The summed E-state index contributed by atoms with van der Waals surface area (Å²) in [6, 6.07) is 3.31. The Kier molecular flexibility index (Phi) is 3.61. The highest BCUT2D eigenvalue weighted by atomic mass is 79.9. The Hall–Kier alpha value is -2.22. The Balaban J connectivity index is 2.41. The second-order valence-electron chi connectivity index (χ2n) is 3.83. The lowest BCUT2D eigenvalue weighted by atomic mass is 10.3. The molecule has 19 heavy (non-hydrogen) atoms. The fourth-order valence-electron chi connectivity index (χ4n) is 1.57. The molecule has 2 aromatic heterocycles. The van der Waals surface area contributed by atoms with Gasteiger partial charge in [0.2, 0.25) is 0 Å². The van der Waals surface area contributed by atoms with Gasteiger partial charge in [-0.05, 0) is 28.1 Å². The molecule has 0 spiro atoms. The van der Waals surface area contributed by atoms with Crippen LogP contribution in [-0.4, -0.2) is 14.5 Å². The highest BCUT2D eigenvalue weighted by Crippen LogP contribution is 2.12. The van der Waals surface area contributed by atoms with E-state index in [1.54, 1.807) is 18.3 Å². The van der Waals surface area contributed by atoms with Crippen molar-refractivity contribution in [1.82, 2.24) is 9.55 Å². The van der Waals surface area contributed by atoms with Crippen LogP contribution in [0.4, 0.5) is 11.4 Å². The summed E-state index contributed by atoms with van der Waals surface area (Å²) >= 11 is 3.01. The number of rotatable bonds is 3. The molecule has 0 bridgehead atoms. The van der Waals surface area contributed by atoms with Crippen molar-refractivity contribution in [3.63, 3.8) is 0 Å². The summed E-state index contributed by atoms with van der Waals surface area (Å²) in [5.74, 6) is 0. The van der Waals surface area contributed by atoms with E-state index in [-0.39, 0.29) is 11.0 Å². The van der Waals surface area contributed by atoms with Gasteiger partial charge in [0, 0.05) is 18.1 Å². The molecule has 0 unspecified atom stereocenters. The maximum absolute atomic E-state index is 11.5. The van der Waals surface area contributed by atoms with E-state index in [0.717, 1.165) is 0 Å². The molecular weight excluding hydrogens is 316 g/mol. The van der Waals surface area contributed by atoms with Crippen molar-refractivity contribution in [2.45, 2.75) is 6.54 Å². The zero-order chi connectivity index (χ0) is 14.0. The van der Waals surface area contributed by atoms with E-state index >= 15 is 0 Å². The van der Waals surface area contributed by atoms with Crippen molar-refractivity contribution < 1.29 is 4.92 Å². The number of nitro groups is 1. The largest absolute Gasteiger partial charge is 0.399 e. The molecule has 8 heteroatoms.